The van der Waals surface area contributed by atoms with Gasteiger partial charge in [-0.3, -0.25) is 4.79 Å². The van der Waals surface area contributed by atoms with Gasteiger partial charge >= 0.3 is 5.97 Å². The molecule has 198 valence electrons. The minimum absolute atomic E-state index is 0.0997. The summed E-state index contributed by atoms with van der Waals surface area (Å²) in [5.41, 5.74) is 3.10. The first-order chi connectivity index (χ1) is 16.2. The van der Waals surface area contributed by atoms with Crippen molar-refractivity contribution in [3.63, 3.8) is 0 Å². The van der Waals surface area contributed by atoms with Crippen molar-refractivity contribution in [1.82, 2.24) is 0 Å². The van der Waals surface area contributed by atoms with E-state index in [9.17, 15) is 9.90 Å². The van der Waals surface area contributed by atoms with Crippen molar-refractivity contribution < 1.29 is 14.6 Å². The zero-order chi connectivity index (χ0) is 25.7. The fourth-order valence-corrected chi connectivity index (χ4v) is 10.9. The molecule has 5 rings (SSSR count). The maximum absolute atomic E-state index is 11.9. The fourth-order valence-electron chi connectivity index (χ4n) is 10.9. The van der Waals surface area contributed by atoms with Gasteiger partial charge in [-0.1, -0.05) is 60.1 Å². The van der Waals surface area contributed by atoms with Crippen LogP contribution in [0.25, 0.3) is 0 Å². The summed E-state index contributed by atoms with van der Waals surface area (Å²) in [6.45, 7) is 19.2. The van der Waals surface area contributed by atoms with Crippen molar-refractivity contribution in [2.24, 2.45) is 50.2 Å². The predicted molar refractivity (Wildman–Crippen MR) is 142 cm³/mol. The lowest BCUT2D eigenvalue weighted by atomic mass is 9.33. The second-order valence-electron chi connectivity index (χ2n) is 15.7. The lowest BCUT2D eigenvalue weighted by Crippen LogP contribution is -2.65. The highest BCUT2D eigenvalue weighted by Gasteiger charge is 2.68. The number of aliphatic hydroxyl groups is 1. The first-order valence-corrected chi connectivity index (χ1v) is 14.6. The lowest BCUT2D eigenvalue weighted by Gasteiger charge is -2.71. The van der Waals surface area contributed by atoms with Gasteiger partial charge in [0.1, 0.15) is 6.10 Å². The zero-order valence-corrected chi connectivity index (χ0v) is 23.9. The molecule has 1 unspecified atom stereocenters. The van der Waals surface area contributed by atoms with E-state index < -0.39 is 0 Å². The molecule has 35 heavy (non-hydrogen) atoms. The number of hydrogen-bond donors (Lipinski definition) is 1. The zero-order valence-electron chi connectivity index (χ0n) is 23.9. The molecule has 0 heterocycles. The molecule has 0 amide bonds. The summed E-state index contributed by atoms with van der Waals surface area (Å²) in [5, 5.41) is 10.7. The largest absolute Gasteiger partial charge is 0.462 e. The van der Waals surface area contributed by atoms with Crippen molar-refractivity contribution in [3.8, 4) is 0 Å². The third-order valence-electron chi connectivity index (χ3n) is 13.5. The Morgan fingerprint density at radius 2 is 1.63 bits per heavy atom. The quantitative estimate of drug-likeness (QED) is 0.322. The van der Waals surface area contributed by atoms with Gasteiger partial charge in [0.15, 0.2) is 0 Å². The summed E-state index contributed by atoms with van der Waals surface area (Å²) in [5.74, 6) is 1.53. The summed E-state index contributed by atoms with van der Waals surface area (Å²) in [6.07, 6.45) is 14.9. The van der Waals surface area contributed by atoms with E-state index in [1.165, 1.54) is 51.9 Å². The van der Waals surface area contributed by atoms with Crippen molar-refractivity contribution in [2.75, 3.05) is 6.61 Å². The van der Waals surface area contributed by atoms with E-state index in [2.05, 4.69) is 54.5 Å². The van der Waals surface area contributed by atoms with Crippen molar-refractivity contribution in [2.45, 2.75) is 126 Å². The highest BCUT2D eigenvalue weighted by molar-refractivity contribution is 5.66. The van der Waals surface area contributed by atoms with Crippen LogP contribution in [0.3, 0.4) is 0 Å². The number of esters is 1. The summed E-state index contributed by atoms with van der Waals surface area (Å²) in [4.78, 5) is 11.9. The van der Waals surface area contributed by atoms with Crippen LogP contribution in [0.1, 0.15) is 120 Å². The van der Waals surface area contributed by atoms with Gasteiger partial charge < -0.3 is 9.84 Å². The summed E-state index contributed by atoms with van der Waals surface area (Å²) in [7, 11) is 0. The maximum atomic E-state index is 11.9. The number of aliphatic hydroxyl groups excluding tert-OH is 1. The number of allylic oxidation sites excluding steroid dienone is 2. The second kappa shape index (κ2) is 7.84. The molecule has 5 aliphatic carbocycles. The van der Waals surface area contributed by atoms with Gasteiger partial charge in [0, 0.05) is 12.3 Å². The van der Waals surface area contributed by atoms with E-state index in [4.69, 9.17) is 4.74 Å². The number of rotatable bonds is 2. The van der Waals surface area contributed by atoms with Crippen LogP contribution >= 0.6 is 0 Å². The van der Waals surface area contributed by atoms with E-state index in [0.717, 1.165) is 25.2 Å². The van der Waals surface area contributed by atoms with Gasteiger partial charge in [0.2, 0.25) is 0 Å². The van der Waals surface area contributed by atoms with Gasteiger partial charge in [0.25, 0.3) is 0 Å². The van der Waals surface area contributed by atoms with Gasteiger partial charge in [0.05, 0.1) is 6.61 Å². The van der Waals surface area contributed by atoms with Crippen LogP contribution in [-0.4, -0.2) is 23.8 Å². The Morgan fingerprint density at radius 1 is 0.943 bits per heavy atom. The average Bonchev–Trinajstić information content (AvgIpc) is 2.77. The SMILES string of the molecule is CC(=O)O[C@H]1CC[C@@]2(C)C(CC[C@]3(C)[C@@H]2CC=C2[C@H]4CC(C)(C)CC[C@]4(C)CC[C@]23C)[C@]1(C)CO. The van der Waals surface area contributed by atoms with E-state index in [-0.39, 0.29) is 40.3 Å². The Labute approximate surface area is 214 Å². The molecule has 5 aliphatic rings. The molecule has 0 aliphatic heterocycles. The Morgan fingerprint density at radius 3 is 2.29 bits per heavy atom. The van der Waals surface area contributed by atoms with E-state index in [1.807, 2.05) is 5.57 Å². The standard InChI is InChI=1S/C32H52O3/c1-21(34)35-26-12-13-29(5)24(30(26,6)20-33)11-14-32(8)25(29)10-9-22-23-19-27(2,3)15-16-28(23,4)17-18-31(22,32)7/h9,23-26,33H,10-20H2,1-8H3/t23-,24?,25-,26+,28-,29+,30+,31-,32-/m1/s1. The van der Waals surface area contributed by atoms with Crippen LogP contribution in [0.4, 0.5) is 0 Å². The Bertz CT molecular complexity index is 920. The molecule has 4 fully saturated rings. The third-order valence-corrected chi connectivity index (χ3v) is 13.5. The summed E-state index contributed by atoms with van der Waals surface area (Å²) >= 11 is 0. The number of carbonyl (C=O) groups is 1. The third kappa shape index (κ3) is 3.41. The monoisotopic (exact) mass is 484 g/mol. The minimum Gasteiger partial charge on any atom is -0.462 e. The summed E-state index contributed by atoms with van der Waals surface area (Å²) in [6, 6.07) is 0. The van der Waals surface area contributed by atoms with Gasteiger partial charge in [-0.05, 0) is 109 Å². The number of hydrogen-bond acceptors (Lipinski definition) is 3. The second-order valence-corrected chi connectivity index (χ2v) is 15.7. The maximum Gasteiger partial charge on any atom is 0.302 e. The molecule has 0 saturated heterocycles. The highest BCUT2D eigenvalue weighted by atomic mass is 16.5. The molecule has 0 spiro atoms. The molecule has 0 bridgehead atoms. The first kappa shape index (κ1) is 25.8. The van der Waals surface area contributed by atoms with Crippen LogP contribution in [-0.2, 0) is 9.53 Å². The predicted octanol–water partition coefficient (Wildman–Crippen LogP) is 7.71. The van der Waals surface area contributed by atoms with Crippen molar-refractivity contribution >= 4 is 5.97 Å². The van der Waals surface area contributed by atoms with Crippen LogP contribution in [0.5, 0.6) is 0 Å². The van der Waals surface area contributed by atoms with Crippen LogP contribution < -0.4 is 0 Å². The number of ether oxygens (including phenoxy) is 1. The average molecular weight is 485 g/mol. The normalized spacial score (nSPS) is 52.8. The molecule has 1 N–H and O–H groups in total. The summed E-state index contributed by atoms with van der Waals surface area (Å²) < 4.78 is 5.84. The van der Waals surface area contributed by atoms with Crippen molar-refractivity contribution in [1.29, 1.82) is 0 Å². The molecular formula is C32H52O3. The Balaban J connectivity index is 1.54. The fraction of sp³-hybridized carbons (Fsp3) is 0.906. The Kier molecular flexibility index (Phi) is 5.78. The lowest BCUT2D eigenvalue weighted by molar-refractivity contribution is -0.223. The molecule has 9 atom stereocenters. The van der Waals surface area contributed by atoms with E-state index in [0.29, 0.717) is 22.7 Å². The molecule has 0 radical (unpaired) electrons. The minimum atomic E-state index is -0.358. The Hall–Kier alpha value is -0.830. The van der Waals surface area contributed by atoms with Crippen LogP contribution in [0.2, 0.25) is 0 Å². The molecule has 4 saturated carbocycles. The van der Waals surface area contributed by atoms with Gasteiger partial charge in [-0.15, -0.1) is 0 Å². The first-order valence-electron chi connectivity index (χ1n) is 14.6. The van der Waals surface area contributed by atoms with Crippen LogP contribution in [0.15, 0.2) is 11.6 Å². The molecule has 3 nitrogen and oxygen atoms in total. The number of carbonyl (C=O) groups excluding carboxylic acids is 1. The molecule has 0 aromatic carbocycles. The molecule has 0 aromatic heterocycles. The van der Waals surface area contributed by atoms with Crippen LogP contribution in [0, 0.1) is 50.2 Å². The van der Waals surface area contributed by atoms with Crippen molar-refractivity contribution in [3.05, 3.63) is 11.6 Å². The smallest absolute Gasteiger partial charge is 0.302 e. The van der Waals surface area contributed by atoms with Gasteiger partial charge in [-0.2, -0.15) is 0 Å². The van der Waals surface area contributed by atoms with E-state index >= 15 is 0 Å². The van der Waals surface area contributed by atoms with Gasteiger partial charge in [-0.25, -0.2) is 0 Å². The molecular weight excluding hydrogens is 432 g/mol. The molecule has 3 heteroatoms. The molecule has 0 aromatic rings. The highest BCUT2D eigenvalue weighted by Crippen LogP contribution is 2.75. The topological polar surface area (TPSA) is 46.5 Å². The number of fused-ring (bicyclic) bond motifs is 7. The van der Waals surface area contributed by atoms with E-state index in [1.54, 1.807) is 0 Å².